The predicted molar refractivity (Wildman–Crippen MR) is 63.8 cm³/mol. The third-order valence-electron chi connectivity index (χ3n) is 2.54. The van der Waals surface area contributed by atoms with E-state index in [0.717, 1.165) is 12.8 Å². The molecule has 17 heavy (non-hydrogen) atoms. The first-order valence-electron chi connectivity index (χ1n) is 5.19. The quantitative estimate of drug-likeness (QED) is 0.487. The lowest BCUT2D eigenvalue weighted by molar-refractivity contribution is -0.385. The van der Waals surface area contributed by atoms with Gasteiger partial charge in [0.2, 0.25) is 0 Å². The van der Waals surface area contributed by atoms with E-state index in [9.17, 15) is 14.9 Å². The van der Waals surface area contributed by atoms with Crippen LogP contribution < -0.4 is 0 Å². The van der Waals surface area contributed by atoms with Gasteiger partial charge in [0.1, 0.15) is 4.47 Å². The Morgan fingerprint density at radius 1 is 1.53 bits per heavy atom. The molecule has 0 radical (unpaired) electrons. The van der Waals surface area contributed by atoms with Gasteiger partial charge < -0.3 is 4.74 Å². The number of nitro benzene ring substituents is 1. The summed E-state index contributed by atoms with van der Waals surface area (Å²) >= 11 is 3.06. The zero-order valence-electron chi connectivity index (χ0n) is 8.89. The van der Waals surface area contributed by atoms with Crippen molar-refractivity contribution < 1.29 is 14.5 Å². The van der Waals surface area contributed by atoms with Crippen LogP contribution in [-0.4, -0.2) is 17.5 Å². The molecule has 6 heteroatoms. The van der Waals surface area contributed by atoms with E-state index in [1.165, 1.54) is 18.2 Å². The molecule has 0 spiro atoms. The number of benzene rings is 1. The number of rotatable bonds is 4. The van der Waals surface area contributed by atoms with Crippen LogP contribution >= 0.6 is 15.9 Å². The Bertz CT molecular complexity index is 471. The molecule has 1 aliphatic carbocycles. The first-order valence-corrected chi connectivity index (χ1v) is 5.99. The number of nitro groups is 1. The second-order valence-electron chi connectivity index (χ2n) is 3.94. The van der Waals surface area contributed by atoms with Crippen LogP contribution in [0.4, 0.5) is 5.69 Å². The molecule has 0 atom stereocenters. The lowest BCUT2D eigenvalue weighted by Gasteiger charge is -2.05. The minimum atomic E-state index is -0.540. The van der Waals surface area contributed by atoms with Crippen LogP contribution in [0, 0.1) is 16.0 Å². The summed E-state index contributed by atoms with van der Waals surface area (Å²) in [7, 11) is 0. The third-order valence-corrected chi connectivity index (χ3v) is 3.38. The Morgan fingerprint density at radius 2 is 2.24 bits per heavy atom. The van der Waals surface area contributed by atoms with Crippen LogP contribution in [0.15, 0.2) is 22.7 Å². The smallest absolute Gasteiger partial charge is 0.339 e. The van der Waals surface area contributed by atoms with Crippen molar-refractivity contribution in [2.45, 2.75) is 12.8 Å². The second kappa shape index (κ2) is 4.83. The van der Waals surface area contributed by atoms with E-state index in [2.05, 4.69) is 15.9 Å². The Balaban J connectivity index is 2.15. The molecular weight excluding hydrogens is 290 g/mol. The van der Waals surface area contributed by atoms with Gasteiger partial charge in [0.25, 0.3) is 5.69 Å². The highest BCUT2D eigenvalue weighted by molar-refractivity contribution is 9.10. The number of hydrogen-bond donors (Lipinski definition) is 0. The summed E-state index contributed by atoms with van der Waals surface area (Å²) < 4.78 is 5.25. The molecule has 1 aliphatic rings. The maximum absolute atomic E-state index is 11.7. The first kappa shape index (κ1) is 12.0. The fourth-order valence-corrected chi connectivity index (χ4v) is 1.95. The summed E-state index contributed by atoms with van der Waals surface area (Å²) in [4.78, 5) is 21.9. The van der Waals surface area contributed by atoms with Crippen LogP contribution in [0.1, 0.15) is 23.2 Å². The van der Waals surface area contributed by atoms with Gasteiger partial charge in [-0.1, -0.05) is 6.07 Å². The van der Waals surface area contributed by atoms with Gasteiger partial charge in [-0.05, 0) is 40.8 Å². The molecule has 90 valence electrons. The highest BCUT2D eigenvalue weighted by atomic mass is 79.9. The summed E-state index contributed by atoms with van der Waals surface area (Å²) in [5.41, 5.74) is 0.0609. The molecule has 1 aromatic carbocycles. The van der Waals surface area contributed by atoms with Crippen molar-refractivity contribution in [3.8, 4) is 0 Å². The molecular formula is C11H10BrNO4. The molecule has 0 N–H and O–H groups in total. The van der Waals surface area contributed by atoms with Gasteiger partial charge in [-0.25, -0.2) is 4.79 Å². The van der Waals surface area contributed by atoms with E-state index in [-0.39, 0.29) is 15.7 Å². The van der Waals surface area contributed by atoms with Crippen LogP contribution in [0.5, 0.6) is 0 Å². The van der Waals surface area contributed by atoms with Gasteiger partial charge in [0.05, 0.1) is 17.1 Å². The molecule has 0 aromatic heterocycles. The molecule has 0 bridgehead atoms. The molecule has 0 unspecified atom stereocenters. The van der Waals surface area contributed by atoms with Gasteiger partial charge in [-0.2, -0.15) is 0 Å². The molecule has 0 aliphatic heterocycles. The van der Waals surface area contributed by atoms with Gasteiger partial charge >= 0.3 is 5.97 Å². The van der Waals surface area contributed by atoms with Gasteiger partial charge in [0.15, 0.2) is 0 Å². The van der Waals surface area contributed by atoms with Crippen molar-refractivity contribution in [1.82, 2.24) is 0 Å². The second-order valence-corrected chi connectivity index (χ2v) is 4.73. The highest BCUT2D eigenvalue weighted by Gasteiger charge is 2.25. The highest BCUT2D eigenvalue weighted by Crippen LogP contribution is 2.31. The average molecular weight is 300 g/mol. The molecule has 1 saturated carbocycles. The number of hydrogen-bond acceptors (Lipinski definition) is 4. The topological polar surface area (TPSA) is 69.4 Å². The average Bonchev–Trinajstić information content (AvgIpc) is 3.09. The summed E-state index contributed by atoms with van der Waals surface area (Å²) in [5, 5.41) is 10.7. The Morgan fingerprint density at radius 3 is 2.82 bits per heavy atom. The standard InChI is InChI=1S/C11H10BrNO4/c12-10-8(2-1-3-9(10)13(15)16)11(14)17-6-7-4-5-7/h1-3,7H,4-6H2. The van der Waals surface area contributed by atoms with Crippen LogP contribution in [0.3, 0.4) is 0 Å². The van der Waals surface area contributed by atoms with Crippen molar-refractivity contribution in [3.05, 3.63) is 38.3 Å². The van der Waals surface area contributed by atoms with E-state index in [4.69, 9.17) is 4.74 Å². The molecule has 2 rings (SSSR count). The number of nitrogens with zero attached hydrogens (tertiary/aromatic N) is 1. The lowest BCUT2D eigenvalue weighted by atomic mass is 10.2. The lowest BCUT2D eigenvalue weighted by Crippen LogP contribution is -2.09. The number of halogens is 1. The molecule has 0 amide bonds. The predicted octanol–water partition coefficient (Wildman–Crippen LogP) is 2.92. The van der Waals surface area contributed by atoms with Gasteiger partial charge in [-0.15, -0.1) is 0 Å². The minimum absolute atomic E-state index is 0.133. The molecule has 1 fully saturated rings. The van der Waals surface area contributed by atoms with Gasteiger partial charge in [-0.3, -0.25) is 10.1 Å². The summed E-state index contributed by atoms with van der Waals surface area (Å²) in [6.07, 6.45) is 2.17. The van der Waals surface area contributed by atoms with E-state index in [1.54, 1.807) is 0 Å². The zero-order valence-corrected chi connectivity index (χ0v) is 10.5. The summed E-state index contributed by atoms with van der Waals surface area (Å²) in [6.45, 7) is 0.397. The SMILES string of the molecule is O=C(OCC1CC1)c1cccc([N+](=O)[O-])c1Br. The summed E-state index contributed by atoms with van der Waals surface area (Å²) in [5.74, 6) is -0.0519. The van der Waals surface area contributed by atoms with Crippen molar-refractivity contribution in [1.29, 1.82) is 0 Å². The Kier molecular flexibility index (Phi) is 3.42. The normalized spacial score (nSPS) is 14.4. The zero-order chi connectivity index (χ0) is 12.4. The Hall–Kier alpha value is -1.43. The fourth-order valence-electron chi connectivity index (χ4n) is 1.37. The van der Waals surface area contributed by atoms with Crippen LogP contribution in [-0.2, 0) is 4.74 Å². The number of ether oxygens (including phenoxy) is 1. The van der Waals surface area contributed by atoms with Crippen molar-refractivity contribution in [2.75, 3.05) is 6.61 Å². The van der Waals surface area contributed by atoms with E-state index >= 15 is 0 Å². The van der Waals surface area contributed by atoms with Crippen molar-refractivity contribution in [3.63, 3.8) is 0 Å². The molecule has 1 aromatic rings. The molecule has 0 heterocycles. The van der Waals surface area contributed by atoms with Crippen LogP contribution in [0.25, 0.3) is 0 Å². The maximum atomic E-state index is 11.7. The van der Waals surface area contributed by atoms with Gasteiger partial charge in [0, 0.05) is 6.07 Å². The first-order chi connectivity index (χ1) is 8.09. The maximum Gasteiger partial charge on any atom is 0.339 e. The monoisotopic (exact) mass is 299 g/mol. The van der Waals surface area contributed by atoms with E-state index < -0.39 is 10.9 Å². The van der Waals surface area contributed by atoms with E-state index in [0.29, 0.717) is 12.5 Å². The number of carbonyl (C=O) groups is 1. The fraction of sp³-hybridized carbons (Fsp3) is 0.364. The number of carbonyl (C=O) groups excluding carboxylic acids is 1. The third kappa shape index (κ3) is 2.82. The van der Waals surface area contributed by atoms with E-state index in [1.807, 2.05) is 0 Å². The largest absolute Gasteiger partial charge is 0.462 e. The summed E-state index contributed by atoms with van der Waals surface area (Å²) in [6, 6.07) is 4.31. The minimum Gasteiger partial charge on any atom is -0.462 e. The molecule has 5 nitrogen and oxygen atoms in total. The van der Waals surface area contributed by atoms with Crippen molar-refractivity contribution >= 4 is 27.6 Å². The Labute approximate surface area is 106 Å². The molecule has 0 saturated heterocycles. The van der Waals surface area contributed by atoms with Crippen molar-refractivity contribution in [2.24, 2.45) is 5.92 Å². The van der Waals surface area contributed by atoms with Crippen LogP contribution in [0.2, 0.25) is 0 Å². The number of esters is 1.